The topological polar surface area (TPSA) is 105 Å². The number of alkyl carbamates (subject to hydrolysis) is 1. The molecule has 2 atom stereocenters. The Balaban J connectivity index is 1.16. The highest BCUT2D eigenvalue weighted by Crippen LogP contribution is 2.44. The van der Waals surface area contributed by atoms with Gasteiger partial charge >= 0.3 is 12.1 Å². The second kappa shape index (κ2) is 10.1. The summed E-state index contributed by atoms with van der Waals surface area (Å²) in [4.78, 5) is 38.3. The van der Waals surface area contributed by atoms with E-state index in [0.717, 1.165) is 24.0 Å². The Bertz CT molecular complexity index is 1070. The number of nitrogens with zero attached hydrogens (tertiary/aromatic N) is 1. The van der Waals surface area contributed by atoms with E-state index < -0.39 is 18.2 Å². The van der Waals surface area contributed by atoms with Crippen molar-refractivity contribution in [2.45, 2.75) is 43.7 Å². The van der Waals surface area contributed by atoms with Crippen LogP contribution in [0.25, 0.3) is 11.1 Å². The van der Waals surface area contributed by atoms with Crippen LogP contribution in [-0.4, -0.2) is 66.4 Å². The second-order valence-electron chi connectivity index (χ2n) is 9.45. The number of rotatable bonds is 9. The average molecular weight is 479 g/mol. The van der Waals surface area contributed by atoms with Gasteiger partial charge in [0.25, 0.3) is 5.91 Å². The van der Waals surface area contributed by atoms with Crippen LogP contribution in [-0.2, 0) is 19.1 Å². The number of fused-ring (bicyclic) bond motifs is 3. The van der Waals surface area contributed by atoms with E-state index in [1.807, 2.05) is 24.3 Å². The average Bonchev–Trinajstić information content (AvgIpc) is 3.49. The third-order valence-electron chi connectivity index (χ3n) is 7.15. The van der Waals surface area contributed by atoms with Crippen molar-refractivity contribution in [1.82, 2.24) is 10.2 Å². The van der Waals surface area contributed by atoms with E-state index in [1.165, 1.54) is 11.1 Å². The van der Waals surface area contributed by atoms with Gasteiger partial charge in [-0.3, -0.25) is 9.59 Å². The molecule has 1 saturated heterocycles. The molecule has 8 heteroatoms. The standard InChI is InChI=1S/C27H30N2O6/c30-24(31)11-13-29(18-9-10-18)26(32)25-17(12-14-34-25)15-28-27(33)35-16-23-21-7-3-1-5-19(21)20-6-2-4-8-22(20)23/h1-8,17-18,23,25H,9-16H2,(H,28,33)(H,30,31). The molecule has 0 aromatic heterocycles. The summed E-state index contributed by atoms with van der Waals surface area (Å²) in [5.41, 5.74) is 4.64. The van der Waals surface area contributed by atoms with Gasteiger partial charge in [0.05, 0.1) is 6.42 Å². The fourth-order valence-corrected chi connectivity index (χ4v) is 5.22. The number of carbonyl (C=O) groups is 3. The van der Waals surface area contributed by atoms with E-state index in [2.05, 4.69) is 29.6 Å². The Kier molecular flexibility index (Phi) is 6.72. The maximum atomic E-state index is 13.1. The first-order valence-electron chi connectivity index (χ1n) is 12.3. The predicted octanol–water partition coefficient (Wildman–Crippen LogP) is 3.40. The highest BCUT2D eigenvalue weighted by Gasteiger charge is 2.41. The summed E-state index contributed by atoms with van der Waals surface area (Å²) in [7, 11) is 0. The first-order valence-corrected chi connectivity index (χ1v) is 12.3. The molecule has 2 fully saturated rings. The second-order valence-corrected chi connectivity index (χ2v) is 9.45. The summed E-state index contributed by atoms with van der Waals surface area (Å²) in [5, 5.41) is 11.8. The van der Waals surface area contributed by atoms with Gasteiger partial charge in [0.1, 0.15) is 12.7 Å². The van der Waals surface area contributed by atoms with E-state index in [9.17, 15) is 14.4 Å². The lowest BCUT2D eigenvalue weighted by Gasteiger charge is -2.27. The van der Waals surface area contributed by atoms with Crippen LogP contribution in [0.4, 0.5) is 4.79 Å². The van der Waals surface area contributed by atoms with Crippen molar-refractivity contribution >= 4 is 18.0 Å². The molecule has 2 amide bonds. The van der Waals surface area contributed by atoms with Crippen molar-refractivity contribution in [2.75, 3.05) is 26.3 Å². The summed E-state index contributed by atoms with van der Waals surface area (Å²) in [6.07, 6.45) is 1.16. The van der Waals surface area contributed by atoms with E-state index in [4.69, 9.17) is 14.6 Å². The molecule has 1 heterocycles. The van der Waals surface area contributed by atoms with E-state index in [-0.39, 0.29) is 49.9 Å². The lowest BCUT2D eigenvalue weighted by molar-refractivity contribution is -0.144. The number of hydrogen-bond acceptors (Lipinski definition) is 5. The van der Waals surface area contributed by atoms with Crippen molar-refractivity contribution in [3.8, 4) is 11.1 Å². The zero-order valence-electron chi connectivity index (χ0n) is 19.5. The first-order chi connectivity index (χ1) is 17.0. The molecule has 1 aliphatic heterocycles. The van der Waals surface area contributed by atoms with Gasteiger partial charge in [-0.05, 0) is 41.5 Å². The zero-order valence-corrected chi connectivity index (χ0v) is 19.5. The number of carboxylic acid groups (broad SMARTS) is 1. The molecule has 8 nitrogen and oxygen atoms in total. The molecular weight excluding hydrogens is 448 g/mol. The summed E-state index contributed by atoms with van der Waals surface area (Å²) in [6, 6.07) is 16.4. The lowest BCUT2D eigenvalue weighted by Crippen LogP contribution is -2.46. The van der Waals surface area contributed by atoms with Gasteiger partial charge in [-0.25, -0.2) is 4.79 Å². The lowest BCUT2D eigenvalue weighted by atomic mass is 9.98. The van der Waals surface area contributed by atoms with Crippen LogP contribution in [0.3, 0.4) is 0 Å². The first kappa shape index (κ1) is 23.4. The van der Waals surface area contributed by atoms with Gasteiger partial charge in [0.2, 0.25) is 0 Å². The number of carboxylic acids is 1. The van der Waals surface area contributed by atoms with Crippen LogP contribution < -0.4 is 5.32 Å². The smallest absolute Gasteiger partial charge is 0.407 e. The van der Waals surface area contributed by atoms with Gasteiger partial charge < -0.3 is 24.8 Å². The van der Waals surface area contributed by atoms with E-state index in [0.29, 0.717) is 13.0 Å². The summed E-state index contributed by atoms with van der Waals surface area (Å²) < 4.78 is 11.3. The van der Waals surface area contributed by atoms with Crippen LogP contribution in [0.5, 0.6) is 0 Å². The molecule has 2 aliphatic carbocycles. The molecule has 35 heavy (non-hydrogen) atoms. The molecule has 2 N–H and O–H groups in total. The Labute approximate surface area is 204 Å². The van der Waals surface area contributed by atoms with Crippen LogP contribution >= 0.6 is 0 Å². The van der Waals surface area contributed by atoms with Crippen LogP contribution in [0.15, 0.2) is 48.5 Å². The molecule has 184 valence electrons. The summed E-state index contributed by atoms with van der Waals surface area (Å²) in [6.45, 7) is 1.12. The van der Waals surface area contributed by atoms with Gasteiger partial charge in [-0.2, -0.15) is 0 Å². The number of ether oxygens (including phenoxy) is 2. The van der Waals surface area contributed by atoms with Crippen LogP contribution in [0.2, 0.25) is 0 Å². The minimum Gasteiger partial charge on any atom is -0.481 e. The highest BCUT2D eigenvalue weighted by molar-refractivity contribution is 5.83. The number of hydrogen-bond donors (Lipinski definition) is 2. The monoisotopic (exact) mass is 478 g/mol. The van der Waals surface area contributed by atoms with Crippen molar-refractivity contribution in [1.29, 1.82) is 0 Å². The van der Waals surface area contributed by atoms with Crippen molar-refractivity contribution in [2.24, 2.45) is 5.92 Å². The normalized spacial score (nSPS) is 20.7. The summed E-state index contributed by atoms with van der Waals surface area (Å²) >= 11 is 0. The molecule has 2 aromatic carbocycles. The Morgan fingerprint density at radius 1 is 1.00 bits per heavy atom. The van der Waals surface area contributed by atoms with Crippen molar-refractivity contribution in [3.05, 3.63) is 59.7 Å². The molecule has 1 saturated carbocycles. The fraction of sp³-hybridized carbons (Fsp3) is 0.444. The molecule has 3 aliphatic rings. The number of nitrogens with one attached hydrogen (secondary N) is 1. The SMILES string of the molecule is O=C(O)CCN(C(=O)C1OCCC1CNC(=O)OCC1c2ccccc2-c2ccccc21)C1CC1. The summed E-state index contributed by atoms with van der Waals surface area (Å²) in [5.74, 6) is -1.29. The van der Waals surface area contributed by atoms with Gasteiger partial charge in [-0.15, -0.1) is 0 Å². The maximum Gasteiger partial charge on any atom is 0.407 e. The fourth-order valence-electron chi connectivity index (χ4n) is 5.22. The Morgan fingerprint density at radius 3 is 2.29 bits per heavy atom. The maximum absolute atomic E-state index is 13.1. The van der Waals surface area contributed by atoms with Crippen molar-refractivity contribution < 1.29 is 29.0 Å². The Hall–Kier alpha value is -3.39. The molecule has 5 rings (SSSR count). The molecular formula is C27H30N2O6. The molecule has 2 aromatic rings. The van der Waals surface area contributed by atoms with E-state index in [1.54, 1.807) is 4.90 Å². The van der Waals surface area contributed by atoms with Crippen molar-refractivity contribution in [3.63, 3.8) is 0 Å². The molecule has 0 spiro atoms. The zero-order chi connectivity index (χ0) is 24.4. The number of aliphatic carboxylic acids is 1. The van der Waals surface area contributed by atoms with Crippen LogP contribution in [0.1, 0.15) is 42.7 Å². The quantitative estimate of drug-likeness (QED) is 0.572. The highest BCUT2D eigenvalue weighted by atomic mass is 16.5. The van der Waals surface area contributed by atoms with Gasteiger partial charge in [0, 0.05) is 37.6 Å². The Morgan fingerprint density at radius 2 is 1.66 bits per heavy atom. The largest absolute Gasteiger partial charge is 0.481 e. The molecule has 2 unspecified atom stereocenters. The minimum absolute atomic E-state index is 0.0152. The van der Waals surface area contributed by atoms with Gasteiger partial charge in [0.15, 0.2) is 0 Å². The molecule has 0 bridgehead atoms. The number of carbonyl (C=O) groups excluding carboxylic acids is 2. The third kappa shape index (κ3) is 5.03. The molecule has 0 radical (unpaired) electrons. The van der Waals surface area contributed by atoms with E-state index >= 15 is 0 Å². The third-order valence-corrected chi connectivity index (χ3v) is 7.15. The number of benzene rings is 2. The predicted molar refractivity (Wildman–Crippen MR) is 128 cm³/mol. The minimum atomic E-state index is -0.927. The van der Waals surface area contributed by atoms with Crippen LogP contribution in [0, 0.1) is 5.92 Å². The van der Waals surface area contributed by atoms with Gasteiger partial charge in [-0.1, -0.05) is 48.5 Å². The number of amides is 2.